The van der Waals surface area contributed by atoms with Crippen molar-refractivity contribution >= 4 is 5.91 Å². The van der Waals surface area contributed by atoms with Gasteiger partial charge in [0.25, 0.3) is 0 Å². The summed E-state index contributed by atoms with van der Waals surface area (Å²) in [4.78, 5) is 12.5. The van der Waals surface area contributed by atoms with E-state index in [9.17, 15) is 25.2 Å². The highest BCUT2D eigenvalue weighted by atomic mass is 16.3. The Labute approximate surface area is 322 Å². The molecular formula is C46H87NO5. The van der Waals surface area contributed by atoms with Gasteiger partial charge in [0.1, 0.15) is 12.2 Å². The summed E-state index contributed by atoms with van der Waals surface area (Å²) < 4.78 is 0. The SMILES string of the molecule is CCCCC/C=C\C=C/CCCCCCCC(O)C(=O)NC(CO)C(O)C(O)CCC/C=C/CCCCCCCCCCCCCCCCCCC. The van der Waals surface area contributed by atoms with Crippen LogP contribution < -0.4 is 5.32 Å². The lowest BCUT2D eigenvalue weighted by Gasteiger charge is -2.27. The molecule has 6 heteroatoms. The van der Waals surface area contributed by atoms with E-state index >= 15 is 0 Å². The molecule has 0 aliphatic heterocycles. The van der Waals surface area contributed by atoms with E-state index in [0.29, 0.717) is 12.8 Å². The van der Waals surface area contributed by atoms with Crippen LogP contribution in [0.5, 0.6) is 0 Å². The van der Waals surface area contributed by atoms with Crippen molar-refractivity contribution in [3.8, 4) is 0 Å². The fraction of sp³-hybridized carbons (Fsp3) is 0.848. The number of aliphatic hydroxyl groups is 4. The van der Waals surface area contributed by atoms with Crippen LogP contribution in [-0.4, -0.2) is 57.3 Å². The number of aliphatic hydroxyl groups excluding tert-OH is 4. The molecule has 1 amide bonds. The maximum absolute atomic E-state index is 12.5. The Morgan fingerprint density at radius 3 is 1.31 bits per heavy atom. The van der Waals surface area contributed by atoms with Crippen molar-refractivity contribution in [2.45, 2.75) is 244 Å². The Kier molecular flexibility index (Phi) is 39.6. The molecule has 0 saturated heterocycles. The van der Waals surface area contributed by atoms with Crippen LogP contribution in [0.25, 0.3) is 0 Å². The lowest BCUT2D eigenvalue weighted by molar-refractivity contribution is -0.132. The molecule has 306 valence electrons. The Morgan fingerprint density at radius 1 is 0.481 bits per heavy atom. The second kappa shape index (κ2) is 40.7. The van der Waals surface area contributed by atoms with Gasteiger partial charge in [-0.15, -0.1) is 0 Å². The Bertz CT molecular complexity index is 828. The van der Waals surface area contributed by atoms with Crippen LogP contribution >= 0.6 is 0 Å². The fourth-order valence-corrected chi connectivity index (χ4v) is 6.75. The van der Waals surface area contributed by atoms with Crippen LogP contribution in [0.15, 0.2) is 36.5 Å². The molecule has 0 aliphatic rings. The molecule has 6 nitrogen and oxygen atoms in total. The Balaban J connectivity index is 3.77. The van der Waals surface area contributed by atoms with Crippen molar-refractivity contribution in [3.63, 3.8) is 0 Å². The van der Waals surface area contributed by atoms with Gasteiger partial charge in [-0.2, -0.15) is 0 Å². The first-order valence-corrected chi connectivity index (χ1v) is 22.4. The van der Waals surface area contributed by atoms with Gasteiger partial charge in [-0.1, -0.05) is 192 Å². The molecule has 0 spiro atoms. The number of allylic oxidation sites excluding steroid dienone is 6. The number of rotatable bonds is 40. The highest BCUT2D eigenvalue weighted by molar-refractivity contribution is 5.80. The average Bonchev–Trinajstić information content (AvgIpc) is 3.15. The van der Waals surface area contributed by atoms with Crippen LogP contribution in [0.2, 0.25) is 0 Å². The maximum Gasteiger partial charge on any atom is 0.249 e. The van der Waals surface area contributed by atoms with Gasteiger partial charge in [0.05, 0.1) is 18.8 Å². The zero-order chi connectivity index (χ0) is 38.2. The lowest BCUT2D eigenvalue weighted by atomic mass is 10.00. The predicted octanol–water partition coefficient (Wildman–Crippen LogP) is 11.7. The van der Waals surface area contributed by atoms with Crippen molar-refractivity contribution in [2.75, 3.05) is 6.61 Å². The van der Waals surface area contributed by atoms with Gasteiger partial charge in [0.2, 0.25) is 5.91 Å². The summed E-state index contributed by atoms with van der Waals surface area (Å²) in [6.07, 6.45) is 47.5. The minimum absolute atomic E-state index is 0.344. The van der Waals surface area contributed by atoms with E-state index in [-0.39, 0.29) is 0 Å². The normalized spacial score (nSPS) is 14.5. The topological polar surface area (TPSA) is 110 Å². The molecule has 0 radical (unpaired) electrons. The van der Waals surface area contributed by atoms with Gasteiger partial charge in [-0.3, -0.25) is 4.79 Å². The molecule has 0 fully saturated rings. The van der Waals surface area contributed by atoms with E-state index in [1.165, 1.54) is 128 Å². The number of hydrogen-bond donors (Lipinski definition) is 5. The number of amides is 1. The number of unbranched alkanes of at least 4 members (excludes halogenated alkanes) is 26. The zero-order valence-corrected chi connectivity index (χ0v) is 34.3. The van der Waals surface area contributed by atoms with Crippen molar-refractivity contribution in [1.82, 2.24) is 5.32 Å². The smallest absolute Gasteiger partial charge is 0.249 e. The van der Waals surface area contributed by atoms with Gasteiger partial charge in [0.15, 0.2) is 0 Å². The van der Waals surface area contributed by atoms with Crippen LogP contribution in [0.3, 0.4) is 0 Å². The first kappa shape index (κ1) is 50.5. The van der Waals surface area contributed by atoms with E-state index < -0.39 is 36.9 Å². The summed E-state index contributed by atoms with van der Waals surface area (Å²) in [5.41, 5.74) is 0. The van der Waals surface area contributed by atoms with E-state index in [0.717, 1.165) is 64.2 Å². The maximum atomic E-state index is 12.5. The minimum Gasteiger partial charge on any atom is -0.394 e. The number of hydrogen-bond acceptors (Lipinski definition) is 5. The quantitative estimate of drug-likeness (QED) is 0.0245. The van der Waals surface area contributed by atoms with Gasteiger partial charge in [0, 0.05) is 0 Å². The summed E-state index contributed by atoms with van der Waals surface area (Å²) in [5.74, 6) is -0.606. The number of nitrogens with one attached hydrogen (secondary N) is 1. The molecule has 0 saturated carbocycles. The largest absolute Gasteiger partial charge is 0.394 e. The van der Waals surface area contributed by atoms with E-state index in [4.69, 9.17) is 0 Å². The van der Waals surface area contributed by atoms with Crippen LogP contribution in [0.1, 0.15) is 219 Å². The molecule has 0 aliphatic carbocycles. The summed E-state index contributed by atoms with van der Waals surface area (Å²) in [5, 5.41) is 43.6. The zero-order valence-electron chi connectivity index (χ0n) is 34.3. The van der Waals surface area contributed by atoms with Crippen molar-refractivity contribution in [2.24, 2.45) is 0 Å². The molecule has 0 aromatic carbocycles. The molecule has 4 unspecified atom stereocenters. The molecule has 52 heavy (non-hydrogen) atoms. The second-order valence-electron chi connectivity index (χ2n) is 15.4. The van der Waals surface area contributed by atoms with Crippen molar-refractivity contribution in [3.05, 3.63) is 36.5 Å². The first-order chi connectivity index (χ1) is 25.5. The van der Waals surface area contributed by atoms with E-state index in [1.54, 1.807) is 0 Å². The highest BCUT2D eigenvalue weighted by Gasteiger charge is 2.28. The molecule has 4 atom stereocenters. The van der Waals surface area contributed by atoms with Crippen LogP contribution in [0, 0.1) is 0 Å². The van der Waals surface area contributed by atoms with Crippen molar-refractivity contribution < 1.29 is 25.2 Å². The van der Waals surface area contributed by atoms with E-state index in [2.05, 4.69) is 55.6 Å². The molecule has 5 N–H and O–H groups in total. The molecule has 0 aromatic heterocycles. The Hall–Kier alpha value is -1.47. The molecule has 0 heterocycles. The van der Waals surface area contributed by atoms with Gasteiger partial charge >= 0.3 is 0 Å². The molecule has 0 rings (SSSR count). The average molecular weight is 734 g/mol. The summed E-state index contributed by atoms with van der Waals surface area (Å²) in [6.45, 7) is 4.00. The molecular weight excluding hydrogens is 647 g/mol. The fourth-order valence-electron chi connectivity index (χ4n) is 6.75. The van der Waals surface area contributed by atoms with Gasteiger partial charge in [-0.25, -0.2) is 0 Å². The second-order valence-corrected chi connectivity index (χ2v) is 15.4. The van der Waals surface area contributed by atoms with Crippen LogP contribution in [-0.2, 0) is 4.79 Å². The first-order valence-electron chi connectivity index (χ1n) is 22.4. The molecule has 0 bridgehead atoms. The lowest BCUT2D eigenvalue weighted by Crippen LogP contribution is -2.53. The third-order valence-corrected chi connectivity index (χ3v) is 10.4. The number of carbonyl (C=O) groups excluding carboxylic acids is 1. The predicted molar refractivity (Wildman–Crippen MR) is 224 cm³/mol. The third kappa shape index (κ3) is 34.3. The van der Waals surface area contributed by atoms with E-state index in [1.807, 2.05) is 0 Å². The van der Waals surface area contributed by atoms with Gasteiger partial charge < -0.3 is 25.7 Å². The monoisotopic (exact) mass is 734 g/mol. The number of carbonyl (C=O) groups is 1. The minimum atomic E-state index is -1.29. The third-order valence-electron chi connectivity index (χ3n) is 10.4. The summed E-state index contributed by atoms with van der Waals surface area (Å²) >= 11 is 0. The standard InChI is InChI=1S/C46H87NO5/c1-3-5-7-9-11-13-15-17-19-20-21-22-23-24-25-26-28-29-31-33-35-37-39-43(49)45(51)42(41-48)47-46(52)44(50)40-38-36-34-32-30-27-18-16-14-12-10-8-6-4-2/h12,14,16,18,31,33,42-45,48-51H,3-11,13,15,17,19-30,32,34-41H2,1-2H3,(H,47,52)/b14-12-,18-16-,33-31+. The van der Waals surface area contributed by atoms with Crippen LogP contribution in [0.4, 0.5) is 0 Å². The Morgan fingerprint density at radius 2 is 0.846 bits per heavy atom. The summed E-state index contributed by atoms with van der Waals surface area (Å²) in [7, 11) is 0. The summed E-state index contributed by atoms with van der Waals surface area (Å²) in [6, 6.07) is -1.01. The molecule has 0 aromatic rings. The van der Waals surface area contributed by atoms with Gasteiger partial charge in [-0.05, 0) is 64.2 Å². The van der Waals surface area contributed by atoms with Crippen molar-refractivity contribution in [1.29, 1.82) is 0 Å². The highest BCUT2D eigenvalue weighted by Crippen LogP contribution is 2.16.